The number of aliphatic hydroxyl groups is 2. The zero-order valence-electron chi connectivity index (χ0n) is 30.6. The number of benzene rings is 3. The van der Waals surface area contributed by atoms with Gasteiger partial charge >= 0.3 is 5.97 Å². The maximum absolute atomic E-state index is 11.9. The topological polar surface area (TPSA) is 76.0 Å². The Hall–Kier alpha value is -3.41. The zero-order valence-corrected chi connectivity index (χ0v) is 30.6. The lowest BCUT2D eigenvalue weighted by atomic mass is 9.77. The molecule has 2 N–H and O–H groups in total. The molecule has 1 aliphatic rings. The van der Waals surface area contributed by atoms with Crippen LogP contribution in [0.2, 0.25) is 0 Å². The number of aryl methyl sites for hydroxylation is 2. The molecule has 1 saturated carbocycles. The Morgan fingerprint density at radius 1 is 0.837 bits per heavy atom. The van der Waals surface area contributed by atoms with E-state index in [1.807, 2.05) is 13.0 Å². The molecule has 3 aromatic rings. The third-order valence-electron chi connectivity index (χ3n) is 10.5. The maximum Gasteiger partial charge on any atom is 0.333 e. The fraction of sp³-hybridized carbons (Fsp3) is 0.523. The normalized spacial score (nSPS) is 16.4. The highest BCUT2D eigenvalue weighted by Crippen LogP contribution is 2.39. The molecule has 5 nitrogen and oxygen atoms in total. The maximum atomic E-state index is 11.9. The van der Waals surface area contributed by atoms with Crippen molar-refractivity contribution < 1.29 is 24.5 Å². The molecule has 1 aliphatic carbocycles. The summed E-state index contributed by atoms with van der Waals surface area (Å²) < 4.78 is 11.6. The second kappa shape index (κ2) is 19.1. The number of unbranched alkanes of at least 4 members (excludes halogenated alkanes) is 2. The summed E-state index contributed by atoms with van der Waals surface area (Å²) in [7, 11) is 0. The lowest BCUT2D eigenvalue weighted by Crippen LogP contribution is -2.28. The fourth-order valence-electron chi connectivity index (χ4n) is 7.01. The van der Waals surface area contributed by atoms with E-state index < -0.39 is 5.41 Å². The largest absolute Gasteiger partial charge is 0.493 e. The Labute approximate surface area is 295 Å². The van der Waals surface area contributed by atoms with Gasteiger partial charge in [0.2, 0.25) is 0 Å². The van der Waals surface area contributed by atoms with Crippen molar-refractivity contribution in [2.75, 3.05) is 26.4 Å². The van der Waals surface area contributed by atoms with Crippen LogP contribution in [0.5, 0.6) is 5.75 Å². The average molecular weight is 669 g/mol. The van der Waals surface area contributed by atoms with Crippen molar-refractivity contribution >= 4 is 5.97 Å². The highest BCUT2D eigenvalue weighted by molar-refractivity contribution is 5.86. The van der Waals surface area contributed by atoms with E-state index in [0.717, 1.165) is 29.2 Å². The molecule has 0 amide bonds. The van der Waals surface area contributed by atoms with Gasteiger partial charge in [0.1, 0.15) is 5.75 Å². The Balaban J connectivity index is 1.48. The minimum absolute atomic E-state index is 0.104. The monoisotopic (exact) mass is 668 g/mol. The molecule has 4 rings (SSSR count). The summed E-state index contributed by atoms with van der Waals surface area (Å²) in [6.45, 7) is 12.1. The van der Waals surface area contributed by atoms with E-state index in [4.69, 9.17) is 9.47 Å². The van der Waals surface area contributed by atoms with Gasteiger partial charge in [0.05, 0.1) is 26.4 Å². The number of rotatable bonds is 19. The number of aliphatic hydroxyl groups excluding tert-OH is 2. The van der Waals surface area contributed by atoms with E-state index in [-0.39, 0.29) is 19.2 Å². The first-order valence-electron chi connectivity index (χ1n) is 18.7. The standard InChI is InChI=1S/C44H60O5/c1-6-8-9-11-33-13-15-35(16-14-33)36-17-19-37(20-18-36)38-21-23-41(34(7-2)28-38)39-22-24-42(48-27-25-44(5,30-45)31-46)40(29-39)12-10-26-49-43(47)32(3)4/h17-24,28-29,33,35,45-46H,3,6-16,25-27,30-31H2,1-2,4-5H3. The van der Waals surface area contributed by atoms with Gasteiger partial charge in [-0.1, -0.05) is 102 Å². The van der Waals surface area contributed by atoms with Crippen LogP contribution in [-0.2, 0) is 22.4 Å². The summed E-state index contributed by atoms with van der Waals surface area (Å²) in [6, 6.07) is 22.5. The average Bonchev–Trinajstić information content (AvgIpc) is 3.13. The summed E-state index contributed by atoms with van der Waals surface area (Å²) in [6.07, 6.45) is 13.7. The van der Waals surface area contributed by atoms with Crippen molar-refractivity contribution in [1.29, 1.82) is 0 Å². The highest BCUT2D eigenvalue weighted by Gasteiger charge is 2.23. The molecular weight excluding hydrogens is 608 g/mol. The van der Waals surface area contributed by atoms with Crippen molar-refractivity contribution in [3.63, 3.8) is 0 Å². The summed E-state index contributed by atoms with van der Waals surface area (Å²) in [4.78, 5) is 11.9. The molecule has 0 spiro atoms. The van der Waals surface area contributed by atoms with E-state index >= 15 is 0 Å². The van der Waals surface area contributed by atoms with Crippen LogP contribution in [0.3, 0.4) is 0 Å². The first kappa shape index (κ1) is 38.4. The molecule has 0 heterocycles. The van der Waals surface area contributed by atoms with Crippen LogP contribution in [0.4, 0.5) is 0 Å². The van der Waals surface area contributed by atoms with Gasteiger partial charge < -0.3 is 19.7 Å². The quantitative estimate of drug-likeness (QED) is 0.0755. The molecule has 49 heavy (non-hydrogen) atoms. The second-order valence-corrected chi connectivity index (χ2v) is 14.6. The van der Waals surface area contributed by atoms with Crippen molar-refractivity contribution in [1.82, 2.24) is 0 Å². The highest BCUT2D eigenvalue weighted by atomic mass is 16.5. The molecule has 0 bridgehead atoms. The first-order chi connectivity index (χ1) is 23.7. The third kappa shape index (κ3) is 11.0. The zero-order chi connectivity index (χ0) is 35.2. The van der Waals surface area contributed by atoms with Gasteiger partial charge in [-0.15, -0.1) is 0 Å². The van der Waals surface area contributed by atoms with Crippen molar-refractivity contribution in [3.05, 3.63) is 89.5 Å². The van der Waals surface area contributed by atoms with Crippen molar-refractivity contribution in [2.45, 2.75) is 111 Å². The lowest BCUT2D eigenvalue weighted by molar-refractivity contribution is -0.139. The number of ether oxygens (including phenoxy) is 2. The Morgan fingerprint density at radius 2 is 1.51 bits per heavy atom. The molecule has 0 radical (unpaired) electrons. The molecule has 0 atom stereocenters. The Kier molecular flexibility index (Phi) is 15.0. The molecule has 0 saturated heterocycles. The van der Waals surface area contributed by atoms with Crippen LogP contribution in [0, 0.1) is 11.3 Å². The summed E-state index contributed by atoms with van der Waals surface area (Å²) in [5.41, 5.74) is 8.44. The molecule has 0 aliphatic heterocycles. The van der Waals surface area contributed by atoms with Crippen LogP contribution < -0.4 is 4.74 Å². The Morgan fingerprint density at radius 3 is 2.16 bits per heavy atom. The molecule has 0 unspecified atom stereocenters. The Bertz CT molecular complexity index is 1480. The molecule has 1 fully saturated rings. The third-order valence-corrected chi connectivity index (χ3v) is 10.5. The van der Waals surface area contributed by atoms with E-state index in [0.29, 0.717) is 44.0 Å². The van der Waals surface area contributed by atoms with Crippen LogP contribution in [0.25, 0.3) is 22.3 Å². The lowest BCUT2D eigenvalue weighted by Gasteiger charge is -2.29. The van der Waals surface area contributed by atoms with E-state index in [2.05, 4.69) is 75.0 Å². The van der Waals surface area contributed by atoms with E-state index in [1.54, 1.807) is 6.92 Å². The smallest absolute Gasteiger partial charge is 0.333 e. The second-order valence-electron chi connectivity index (χ2n) is 14.6. The number of hydrogen-bond acceptors (Lipinski definition) is 5. The SMILES string of the molecule is C=C(C)C(=O)OCCCc1cc(-c2ccc(-c3ccc(C4CCC(CCCCC)CC4)cc3)cc2CC)ccc1OCCC(C)(CO)CO. The predicted molar refractivity (Wildman–Crippen MR) is 202 cm³/mol. The van der Waals surface area contributed by atoms with Crippen LogP contribution in [0.15, 0.2) is 72.8 Å². The van der Waals surface area contributed by atoms with Gasteiger partial charge in [-0.25, -0.2) is 4.79 Å². The van der Waals surface area contributed by atoms with Crippen LogP contribution in [-0.4, -0.2) is 42.6 Å². The predicted octanol–water partition coefficient (Wildman–Crippen LogP) is 10.2. The summed E-state index contributed by atoms with van der Waals surface area (Å²) in [5.74, 6) is 2.02. The van der Waals surface area contributed by atoms with Gasteiger partial charge in [-0.3, -0.25) is 0 Å². The minimum atomic E-state index is -0.595. The van der Waals surface area contributed by atoms with Gasteiger partial charge in [-0.2, -0.15) is 0 Å². The van der Waals surface area contributed by atoms with Crippen molar-refractivity contribution in [3.8, 4) is 28.0 Å². The molecule has 5 heteroatoms. The fourth-order valence-corrected chi connectivity index (χ4v) is 7.01. The molecule has 0 aromatic heterocycles. The van der Waals surface area contributed by atoms with E-state index in [1.165, 1.54) is 79.2 Å². The number of esters is 1. The van der Waals surface area contributed by atoms with Crippen LogP contribution >= 0.6 is 0 Å². The van der Waals surface area contributed by atoms with Gasteiger partial charge in [0, 0.05) is 11.0 Å². The van der Waals surface area contributed by atoms with Gasteiger partial charge in [0.15, 0.2) is 0 Å². The van der Waals surface area contributed by atoms with E-state index in [9.17, 15) is 15.0 Å². The van der Waals surface area contributed by atoms with Crippen LogP contribution in [0.1, 0.15) is 115 Å². The minimum Gasteiger partial charge on any atom is -0.493 e. The summed E-state index contributed by atoms with van der Waals surface area (Å²) in [5, 5.41) is 19.4. The molecule has 3 aromatic carbocycles. The number of hydrogen-bond donors (Lipinski definition) is 2. The van der Waals surface area contributed by atoms with Gasteiger partial charge in [0.25, 0.3) is 0 Å². The molecule has 266 valence electrons. The molecular formula is C44H60O5. The first-order valence-corrected chi connectivity index (χ1v) is 18.7. The number of carbonyl (C=O) groups is 1. The summed E-state index contributed by atoms with van der Waals surface area (Å²) >= 11 is 0. The number of carbonyl (C=O) groups excluding carboxylic acids is 1. The van der Waals surface area contributed by atoms with Crippen molar-refractivity contribution in [2.24, 2.45) is 11.3 Å². The van der Waals surface area contributed by atoms with Gasteiger partial charge in [-0.05, 0) is 121 Å².